The smallest absolute Gasteiger partial charge is 0.215 e. The van der Waals surface area contributed by atoms with Gasteiger partial charge < -0.3 is 5.23 Å². The molecule has 8 heavy (non-hydrogen) atoms. The monoisotopic (exact) mass is 107 g/mol. The molecule has 0 radical (unpaired) electrons. The van der Waals surface area contributed by atoms with E-state index in [2.05, 4.69) is 15.4 Å². The summed E-state index contributed by atoms with van der Waals surface area (Å²) in [5.41, 5.74) is 0. The van der Waals surface area contributed by atoms with Gasteiger partial charge in [0.2, 0.25) is 7.98 Å². The Labute approximate surface area is 48.6 Å². The Balaban J connectivity index is 2.83. The molecular formula is C4H6BN3. The molecule has 1 aromatic heterocycles. The largest absolute Gasteiger partial charge is 0.418 e. The highest BCUT2D eigenvalue weighted by molar-refractivity contribution is 6.15. The normalized spacial score (nSPS) is 8.50. The van der Waals surface area contributed by atoms with Crippen LogP contribution in [0.1, 0.15) is 0 Å². The van der Waals surface area contributed by atoms with Crippen molar-refractivity contribution < 1.29 is 0 Å². The first-order chi connectivity index (χ1) is 3.93. The van der Waals surface area contributed by atoms with Crippen molar-refractivity contribution in [2.75, 3.05) is 5.23 Å². The van der Waals surface area contributed by atoms with Gasteiger partial charge in [0.15, 0.2) is 0 Å². The molecule has 0 aliphatic heterocycles. The number of hydrogen-bond donors (Lipinski definition) is 1. The molecule has 0 saturated heterocycles. The highest BCUT2D eigenvalue weighted by Crippen LogP contribution is 1.92. The van der Waals surface area contributed by atoms with E-state index in [0.717, 1.165) is 5.82 Å². The van der Waals surface area contributed by atoms with E-state index in [4.69, 9.17) is 0 Å². The number of nitrogens with one attached hydrogen (secondary N) is 1. The first-order valence-electron chi connectivity index (χ1n) is 2.39. The van der Waals surface area contributed by atoms with E-state index in [1.54, 1.807) is 6.20 Å². The molecule has 0 atom stereocenters. The minimum atomic E-state index is 0.799. The Hall–Kier alpha value is -1.06. The second-order valence-electron chi connectivity index (χ2n) is 1.36. The lowest BCUT2D eigenvalue weighted by molar-refractivity contribution is 1.04. The molecule has 1 aromatic rings. The van der Waals surface area contributed by atoms with Crippen LogP contribution < -0.4 is 5.23 Å². The van der Waals surface area contributed by atoms with Crippen LogP contribution in [0.4, 0.5) is 5.82 Å². The third-order valence-corrected chi connectivity index (χ3v) is 0.828. The molecular weight excluding hydrogens is 101 g/mol. The van der Waals surface area contributed by atoms with Crippen molar-refractivity contribution in [2.45, 2.75) is 0 Å². The van der Waals surface area contributed by atoms with Crippen LogP contribution in [0, 0.1) is 0 Å². The van der Waals surface area contributed by atoms with Crippen molar-refractivity contribution in [1.82, 2.24) is 10.2 Å². The molecule has 0 saturated carbocycles. The Kier molecular flexibility index (Phi) is 1.46. The maximum atomic E-state index is 3.74. The highest BCUT2D eigenvalue weighted by atomic mass is 15.1. The van der Waals surface area contributed by atoms with E-state index in [-0.39, 0.29) is 0 Å². The third-order valence-electron chi connectivity index (χ3n) is 0.828. The summed E-state index contributed by atoms with van der Waals surface area (Å²) in [6, 6.07) is 3.69. The van der Waals surface area contributed by atoms with Crippen molar-refractivity contribution >= 4 is 13.8 Å². The number of aromatic nitrogens is 2. The van der Waals surface area contributed by atoms with Gasteiger partial charge in [0.05, 0.1) is 0 Å². The Morgan fingerprint density at radius 1 is 1.62 bits per heavy atom. The highest BCUT2D eigenvalue weighted by Gasteiger charge is 1.81. The maximum absolute atomic E-state index is 3.74. The lowest BCUT2D eigenvalue weighted by Gasteiger charge is -1.91. The summed E-state index contributed by atoms with van der Waals surface area (Å²) in [6.07, 6.45) is 1.64. The fourth-order valence-corrected chi connectivity index (χ4v) is 0.435. The molecule has 4 heteroatoms. The summed E-state index contributed by atoms with van der Waals surface area (Å²) in [4.78, 5) is 0. The fourth-order valence-electron chi connectivity index (χ4n) is 0.435. The molecule has 0 unspecified atom stereocenters. The van der Waals surface area contributed by atoms with Gasteiger partial charge in [-0.25, -0.2) is 0 Å². The number of hydrogen-bond acceptors (Lipinski definition) is 3. The van der Waals surface area contributed by atoms with Crippen molar-refractivity contribution in [3.63, 3.8) is 0 Å². The SMILES string of the molecule is BNc1cccnn1. The number of nitrogens with zero attached hydrogens (tertiary/aromatic N) is 2. The van der Waals surface area contributed by atoms with Gasteiger partial charge >= 0.3 is 0 Å². The van der Waals surface area contributed by atoms with Gasteiger partial charge in [0.25, 0.3) is 0 Å². The van der Waals surface area contributed by atoms with Crippen molar-refractivity contribution in [1.29, 1.82) is 0 Å². The zero-order chi connectivity index (χ0) is 5.82. The summed E-state index contributed by atoms with van der Waals surface area (Å²) >= 11 is 0. The molecule has 1 N–H and O–H groups in total. The van der Waals surface area contributed by atoms with Crippen LogP contribution >= 0.6 is 0 Å². The predicted octanol–water partition coefficient (Wildman–Crippen LogP) is -0.563. The van der Waals surface area contributed by atoms with Crippen LogP contribution in [0.3, 0.4) is 0 Å². The van der Waals surface area contributed by atoms with Gasteiger partial charge in [-0.15, -0.1) is 5.10 Å². The van der Waals surface area contributed by atoms with E-state index in [9.17, 15) is 0 Å². The molecule has 0 fully saturated rings. The van der Waals surface area contributed by atoms with Crippen LogP contribution in [-0.4, -0.2) is 18.2 Å². The predicted molar refractivity (Wildman–Crippen MR) is 34.2 cm³/mol. The van der Waals surface area contributed by atoms with Crippen LogP contribution in [0.15, 0.2) is 18.3 Å². The maximum Gasteiger partial charge on any atom is 0.215 e. The van der Waals surface area contributed by atoms with Crippen LogP contribution in [0.5, 0.6) is 0 Å². The van der Waals surface area contributed by atoms with Gasteiger partial charge in [-0.3, -0.25) is 0 Å². The molecule has 1 rings (SSSR count). The number of rotatable bonds is 1. The average Bonchev–Trinajstić information content (AvgIpc) is 1.90. The van der Waals surface area contributed by atoms with E-state index in [1.807, 2.05) is 20.1 Å². The second-order valence-corrected chi connectivity index (χ2v) is 1.36. The molecule has 3 nitrogen and oxygen atoms in total. The molecule has 0 aliphatic carbocycles. The average molecular weight is 107 g/mol. The van der Waals surface area contributed by atoms with Gasteiger partial charge in [0, 0.05) is 6.20 Å². The molecule has 1 heterocycles. The Bertz CT molecular complexity index is 153. The standard InChI is InChI=1S/C4H6BN3/c5-7-4-2-1-3-6-8-4/h1-3H,5H2,(H,7,8). The zero-order valence-corrected chi connectivity index (χ0v) is 4.63. The summed E-state index contributed by atoms with van der Waals surface area (Å²) in [7, 11) is 1.81. The minimum absolute atomic E-state index is 0.799. The van der Waals surface area contributed by atoms with Crippen molar-refractivity contribution in [3.05, 3.63) is 18.3 Å². The van der Waals surface area contributed by atoms with Gasteiger partial charge in [0.1, 0.15) is 5.82 Å². The fraction of sp³-hybridized carbons (Fsp3) is 0. The summed E-state index contributed by atoms with van der Waals surface area (Å²) in [6.45, 7) is 0. The molecule has 0 spiro atoms. The molecule has 0 amide bonds. The second kappa shape index (κ2) is 2.30. The lowest BCUT2D eigenvalue weighted by Crippen LogP contribution is -1.93. The molecule has 0 aromatic carbocycles. The van der Waals surface area contributed by atoms with E-state index in [0.29, 0.717) is 0 Å². The van der Waals surface area contributed by atoms with E-state index >= 15 is 0 Å². The molecule has 0 aliphatic rings. The molecule has 40 valence electrons. The summed E-state index contributed by atoms with van der Waals surface area (Å²) in [5.74, 6) is 0.799. The van der Waals surface area contributed by atoms with E-state index < -0.39 is 0 Å². The van der Waals surface area contributed by atoms with Crippen molar-refractivity contribution in [3.8, 4) is 0 Å². The summed E-state index contributed by atoms with van der Waals surface area (Å²) < 4.78 is 0. The van der Waals surface area contributed by atoms with Gasteiger partial charge in [-0.05, 0) is 12.1 Å². The van der Waals surface area contributed by atoms with Crippen LogP contribution in [-0.2, 0) is 0 Å². The van der Waals surface area contributed by atoms with E-state index in [1.165, 1.54) is 0 Å². The Morgan fingerprint density at radius 2 is 2.50 bits per heavy atom. The number of anilines is 1. The van der Waals surface area contributed by atoms with Gasteiger partial charge in [-0.2, -0.15) is 5.10 Å². The third kappa shape index (κ3) is 0.962. The first kappa shape index (κ1) is 5.09. The molecule has 0 bridgehead atoms. The van der Waals surface area contributed by atoms with Crippen LogP contribution in [0.2, 0.25) is 0 Å². The van der Waals surface area contributed by atoms with Crippen molar-refractivity contribution in [2.24, 2.45) is 0 Å². The first-order valence-corrected chi connectivity index (χ1v) is 2.39. The van der Waals surface area contributed by atoms with Crippen LogP contribution in [0.25, 0.3) is 0 Å². The lowest BCUT2D eigenvalue weighted by atomic mass is 10.4. The topological polar surface area (TPSA) is 37.8 Å². The Morgan fingerprint density at radius 3 is 2.88 bits per heavy atom. The summed E-state index contributed by atoms with van der Waals surface area (Å²) in [5, 5.41) is 10.2. The van der Waals surface area contributed by atoms with Gasteiger partial charge in [-0.1, -0.05) is 0 Å². The zero-order valence-electron chi connectivity index (χ0n) is 4.63. The quantitative estimate of drug-likeness (QED) is 0.488. The minimum Gasteiger partial charge on any atom is -0.418 e.